The average molecular weight is 238 g/mol. The maximum atomic E-state index is 4.29. The molecule has 0 fully saturated rings. The van der Waals surface area contributed by atoms with Gasteiger partial charge >= 0.3 is 0 Å². The molecule has 80 valence electrons. The number of thiazole rings is 1. The number of aromatic nitrogens is 1. The second kappa shape index (κ2) is 4.88. The minimum absolute atomic E-state index is 0.931. The summed E-state index contributed by atoms with van der Waals surface area (Å²) >= 11 is 3.49. The molecule has 0 saturated heterocycles. The third kappa shape index (κ3) is 2.87. The Balaban J connectivity index is 1.93. The lowest BCUT2D eigenvalue weighted by atomic mass is 10.3. The number of thiophene rings is 1. The summed E-state index contributed by atoms with van der Waals surface area (Å²) in [6.07, 6.45) is 0. The van der Waals surface area contributed by atoms with Crippen LogP contribution in [0.2, 0.25) is 0 Å². The van der Waals surface area contributed by atoms with Gasteiger partial charge in [-0.3, -0.25) is 4.90 Å². The van der Waals surface area contributed by atoms with Crippen LogP contribution in [-0.2, 0) is 13.1 Å². The second-order valence-electron chi connectivity index (χ2n) is 3.68. The van der Waals surface area contributed by atoms with Crippen molar-refractivity contribution in [3.05, 3.63) is 38.5 Å². The molecule has 2 aromatic rings. The van der Waals surface area contributed by atoms with Crippen molar-refractivity contribution in [3.63, 3.8) is 0 Å². The van der Waals surface area contributed by atoms with Gasteiger partial charge in [0.25, 0.3) is 0 Å². The molecule has 0 bridgehead atoms. The summed E-state index contributed by atoms with van der Waals surface area (Å²) in [7, 11) is 2.14. The van der Waals surface area contributed by atoms with Crippen molar-refractivity contribution in [2.75, 3.05) is 7.05 Å². The summed E-state index contributed by atoms with van der Waals surface area (Å²) in [6, 6.07) is 2.18. The predicted octanol–water partition coefficient (Wildman–Crippen LogP) is 3.15. The van der Waals surface area contributed by atoms with Gasteiger partial charge in [-0.05, 0) is 31.0 Å². The standard InChI is InChI=1S/C11H14N2S2/c1-9-3-4-15-11(9)6-13(2)5-10-7-14-8-12-10/h3-4,7-8H,5-6H2,1-2H3. The Morgan fingerprint density at radius 2 is 2.27 bits per heavy atom. The quantitative estimate of drug-likeness (QED) is 0.813. The van der Waals surface area contributed by atoms with Crippen LogP contribution in [0, 0.1) is 6.92 Å². The van der Waals surface area contributed by atoms with E-state index in [1.54, 1.807) is 11.3 Å². The summed E-state index contributed by atoms with van der Waals surface area (Å²) in [5.41, 5.74) is 4.45. The molecule has 2 heterocycles. The maximum Gasteiger partial charge on any atom is 0.0795 e. The Hall–Kier alpha value is -0.710. The molecule has 0 aliphatic rings. The van der Waals surface area contributed by atoms with Gasteiger partial charge in [-0.15, -0.1) is 22.7 Å². The smallest absolute Gasteiger partial charge is 0.0795 e. The lowest BCUT2D eigenvalue weighted by molar-refractivity contribution is 0.318. The first-order chi connectivity index (χ1) is 7.25. The van der Waals surface area contributed by atoms with Crippen LogP contribution in [0.3, 0.4) is 0 Å². The van der Waals surface area contributed by atoms with Crippen LogP contribution < -0.4 is 0 Å². The molecule has 0 radical (unpaired) electrons. The van der Waals surface area contributed by atoms with Crippen LogP contribution in [0.5, 0.6) is 0 Å². The monoisotopic (exact) mass is 238 g/mol. The highest BCUT2D eigenvalue weighted by Crippen LogP contribution is 2.18. The van der Waals surface area contributed by atoms with Crippen LogP contribution in [0.25, 0.3) is 0 Å². The lowest BCUT2D eigenvalue weighted by Crippen LogP contribution is -2.17. The molecular formula is C11H14N2S2. The minimum Gasteiger partial charge on any atom is -0.295 e. The molecule has 0 unspecified atom stereocenters. The van der Waals surface area contributed by atoms with Gasteiger partial charge in [0.1, 0.15) is 0 Å². The first-order valence-electron chi connectivity index (χ1n) is 4.84. The molecule has 0 N–H and O–H groups in total. The molecule has 0 atom stereocenters. The van der Waals surface area contributed by atoms with Crippen LogP contribution in [0.1, 0.15) is 16.1 Å². The second-order valence-corrected chi connectivity index (χ2v) is 5.40. The molecular weight excluding hydrogens is 224 g/mol. The van der Waals surface area contributed by atoms with E-state index in [1.807, 2.05) is 16.8 Å². The van der Waals surface area contributed by atoms with E-state index in [9.17, 15) is 0 Å². The minimum atomic E-state index is 0.931. The number of aryl methyl sites for hydroxylation is 1. The highest BCUT2D eigenvalue weighted by Gasteiger charge is 2.05. The summed E-state index contributed by atoms with van der Waals surface area (Å²) in [5, 5.41) is 4.26. The molecule has 15 heavy (non-hydrogen) atoms. The van der Waals surface area contributed by atoms with Gasteiger partial charge in [-0.25, -0.2) is 4.98 Å². The van der Waals surface area contributed by atoms with Crippen molar-refractivity contribution in [3.8, 4) is 0 Å². The van der Waals surface area contributed by atoms with Gasteiger partial charge < -0.3 is 0 Å². The Labute approximate surface area is 98.2 Å². The van der Waals surface area contributed by atoms with Crippen molar-refractivity contribution in [1.82, 2.24) is 9.88 Å². The lowest BCUT2D eigenvalue weighted by Gasteiger charge is -2.14. The largest absolute Gasteiger partial charge is 0.295 e. The fraction of sp³-hybridized carbons (Fsp3) is 0.364. The Kier molecular flexibility index (Phi) is 3.51. The summed E-state index contributed by atoms with van der Waals surface area (Å²) in [5.74, 6) is 0. The van der Waals surface area contributed by atoms with Gasteiger partial charge in [-0.1, -0.05) is 0 Å². The van der Waals surface area contributed by atoms with Crippen LogP contribution in [0.15, 0.2) is 22.3 Å². The van der Waals surface area contributed by atoms with Crippen molar-refractivity contribution < 1.29 is 0 Å². The SMILES string of the molecule is Cc1ccsc1CN(C)Cc1cscn1. The number of rotatable bonds is 4. The topological polar surface area (TPSA) is 16.1 Å². The van der Waals surface area contributed by atoms with Crippen LogP contribution in [-0.4, -0.2) is 16.9 Å². The highest BCUT2D eigenvalue weighted by molar-refractivity contribution is 7.10. The Bertz CT molecular complexity index is 406. The van der Waals surface area contributed by atoms with Gasteiger partial charge in [-0.2, -0.15) is 0 Å². The van der Waals surface area contributed by atoms with E-state index in [0.29, 0.717) is 0 Å². The fourth-order valence-electron chi connectivity index (χ4n) is 1.46. The van der Waals surface area contributed by atoms with E-state index in [-0.39, 0.29) is 0 Å². The molecule has 2 nitrogen and oxygen atoms in total. The zero-order chi connectivity index (χ0) is 10.7. The zero-order valence-electron chi connectivity index (χ0n) is 8.93. The normalized spacial score (nSPS) is 11.1. The predicted molar refractivity (Wildman–Crippen MR) is 66.3 cm³/mol. The third-order valence-corrected chi connectivity index (χ3v) is 3.94. The molecule has 0 aromatic carbocycles. The molecule has 0 spiro atoms. The number of nitrogens with zero attached hydrogens (tertiary/aromatic N) is 2. The molecule has 0 saturated carbocycles. The number of hydrogen-bond acceptors (Lipinski definition) is 4. The summed E-state index contributed by atoms with van der Waals surface area (Å²) in [6.45, 7) is 4.12. The van der Waals surface area contributed by atoms with Crippen molar-refractivity contribution in [2.24, 2.45) is 0 Å². The van der Waals surface area contributed by atoms with Gasteiger partial charge in [0, 0.05) is 23.3 Å². The Morgan fingerprint density at radius 1 is 1.40 bits per heavy atom. The van der Waals surface area contributed by atoms with Crippen molar-refractivity contribution in [1.29, 1.82) is 0 Å². The molecule has 0 amide bonds. The molecule has 0 aliphatic heterocycles. The van der Waals surface area contributed by atoms with E-state index >= 15 is 0 Å². The summed E-state index contributed by atoms with van der Waals surface area (Å²) in [4.78, 5) is 8.04. The van der Waals surface area contributed by atoms with E-state index in [4.69, 9.17) is 0 Å². The van der Waals surface area contributed by atoms with Crippen LogP contribution >= 0.6 is 22.7 Å². The molecule has 2 rings (SSSR count). The third-order valence-electron chi connectivity index (χ3n) is 2.30. The highest BCUT2D eigenvalue weighted by atomic mass is 32.1. The summed E-state index contributed by atoms with van der Waals surface area (Å²) < 4.78 is 0. The van der Waals surface area contributed by atoms with E-state index < -0.39 is 0 Å². The molecule has 0 aliphatic carbocycles. The molecule has 4 heteroatoms. The fourth-order valence-corrected chi connectivity index (χ4v) is 2.99. The molecule has 2 aromatic heterocycles. The van der Waals surface area contributed by atoms with Crippen molar-refractivity contribution >= 4 is 22.7 Å². The average Bonchev–Trinajstić information content (AvgIpc) is 2.79. The zero-order valence-corrected chi connectivity index (χ0v) is 10.6. The van der Waals surface area contributed by atoms with Gasteiger partial charge in [0.05, 0.1) is 11.2 Å². The van der Waals surface area contributed by atoms with E-state index in [2.05, 4.69) is 40.7 Å². The Morgan fingerprint density at radius 3 is 2.87 bits per heavy atom. The number of hydrogen-bond donors (Lipinski definition) is 0. The van der Waals surface area contributed by atoms with Crippen LogP contribution in [0.4, 0.5) is 0 Å². The first-order valence-corrected chi connectivity index (χ1v) is 6.66. The van der Waals surface area contributed by atoms with E-state index in [1.165, 1.54) is 10.4 Å². The van der Waals surface area contributed by atoms with Crippen molar-refractivity contribution in [2.45, 2.75) is 20.0 Å². The first kappa shape index (κ1) is 10.8. The van der Waals surface area contributed by atoms with E-state index in [0.717, 1.165) is 18.8 Å². The maximum absolute atomic E-state index is 4.29. The van der Waals surface area contributed by atoms with Gasteiger partial charge in [0.15, 0.2) is 0 Å². The van der Waals surface area contributed by atoms with Gasteiger partial charge in [0.2, 0.25) is 0 Å².